The molecule has 0 spiro atoms. The van der Waals surface area contributed by atoms with E-state index in [-0.39, 0.29) is 6.54 Å². The zero-order valence-corrected chi connectivity index (χ0v) is 10.3. The fourth-order valence-electron chi connectivity index (χ4n) is 2.16. The molecule has 3 aromatic rings. The molecule has 0 unspecified atom stereocenters. The highest BCUT2D eigenvalue weighted by atomic mass is 16.5. The Hall–Kier alpha value is -2.56. The van der Waals surface area contributed by atoms with Crippen molar-refractivity contribution in [2.75, 3.05) is 7.11 Å². The van der Waals surface area contributed by atoms with Gasteiger partial charge in [-0.15, -0.1) is 0 Å². The van der Waals surface area contributed by atoms with Gasteiger partial charge in [0.1, 0.15) is 17.8 Å². The Morgan fingerprint density at radius 2 is 2.16 bits per heavy atom. The zero-order chi connectivity index (χ0) is 13.2. The molecule has 94 valence electrons. The first-order valence-electron chi connectivity index (χ1n) is 5.84. The second-order valence-electron chi connectivity index (χ2n) is 4.14. The van der Waals surface area contributed by atoms with Gasteiger partial charge in [0.05, 0.1) is 18.3 Å². The van der Waals surface area contributed by atoms with Crippen molar-refractivity contribution in [2.45, 2.75) is 6.54 Å². The number of nitroso groups, excluding NO2 is 1. The predicted octanol–water partition coefficient (Wildman–Crippen LogP) is 3.06. The summed E-state index contributed by atoms with van der Waals surface area (Å²) in [6.45, 7) is 0.0233. The van der Waals surface area contributed by atoms with Crippen molar-refractivity contribution < 1.29 is 4.74 Å². The molecular formula is C14H11N3O2. The van der Waals surface area contributed by atoms with Crippen LogP contribution >= 0.6 is 0 Å². The maximum Gasteiger partial charge on any atom is 0.130 e. The van der Waals surface area contributed by atoms with E-state index in [1.54, 1.807) is 19.4 Å². The number of ether oxygens (including phenoxy) is 1. The van der Waals surface area contributed by atoms with E-state index < -0.39 is 0 Å². The second kappa shape index (κ2) is 4.61. The van der Waals surface area contributed by atoms with E-state index >= 15 is 0 Å². The summed E-state index contributed by atoms with van der Waals surface area (Å²) in [7, 11) is 1.59. The van der Waals surface area contributed by atoms with Crippen LogP contribution in [0.2, 0.25) is 0 Å². The largest absolute Gasteiger partial charge is 0.496 e. The Morgan fingerprint density at radius 1 is 1.26 bits per heavy atom. The summed E-state index contributed by atoms with van der Waals surface area (Å²) < 4.78 is 5.35. The van der Waals surface area contributed by atoms with Gasteiger partial charge in [-0.3, -0.25) is 4.98 Å². The number of hydrogen-bond donors (Lipinski definition) is 0. The molecule has 2 aromatic heterocycles. The monoisotopic (exact) mass is 253 g/mol. The number of nitrogens with zero attached hydrogens (tertiary/aromatic N) is 3. The molecule has 0 bridgehead atoms. The molecule has 19 heavy (non-hydrogen) atoms. The summed E-state index contributed by atoms with van der Waals surface area (Å²) in [5.74, 6) is 0.677. The van der Waals surface area contributed by atoms with Gasteiger partial charge in [0.15, 0.2) is 0 Å². The molecule has 1 aromatic carbocycles. The third-order valence-electron chi connectivity index (χ3n) is 3.01. The maximum atomic E-state index is 10.4. The van der Waals surface area contributed by atoms with Gasteiger partial charge in [0, 0.05) is 23.0 Å². The fourth-order valence-corrected chi connectivity index (χ4v) is 2.16. The minimum absolute atomic E-state index is 0.0233. The highest BCUT2D eigenvalue weighted by Crippen LogP contribution is 2.30. The molecule has 5 heteroatoms. The number of rotatable bonds is 3. The number of methoxy groups -OCH3 is 1. The smallest absolute Gasteiger partial charge is 0.130 e. The topological polar surface area (TPSA) is 64.4 Å². The van der Waals surface area contributed by atoms with Crippen LogP contribution in [0.4, 0.5) is 0 Å². The number of benzene rings is 1. The van der Waals surface area contributed by atoms with Gasteiger partial charge in [-0.2, -0.15) is 4.91 Å². The van der Waals surface area contributed by atoms with E-state index in [2.05, 4.69) is 15.1 Å². The Balaban J connectivity index is 2.42. The Bertz CT molecular complexity index is 771. The molecule has 3 rings (SSSR count). The van der Waals surface area contributed by atoms with Crippen molar-refractivity contribution in [2.24, 2.45) is 5.18 Å². The van der Waals surface area contributed by atoms with Crippen LogP contribution in [0, 0.1) is 4.91 Å². The van der Waals surface area contributed by atoms with Crippen molar-refractivity contribution in [3.05, 3.63) is 47.1 Å². The van der Waals surface area contributed by atoms with Crippen LogP contribution in [0.5, 0.6) is 5.75 Å². The van der Waals surface area contributed by atoms with Crippen molar-refractivity contribution >= 4 is 21.8 Å². The molecular weight excluding hydrogens is 242 g/mol. The summed E-state index contributed by atoms with van der Waals surface area (Å²) >= 11 is 0. The lowest BCUT2D eigenvalue weighted by Gasteiger charge is -2.08. The van der Waals surface area contributed by atoms with Crippen molar-refractivity contribution in [1.29, 1.82) is 0 Å². The normalized spacial score (nSPS) is 10.8. The van der Waals surface area contributed by atoms with E-state index in [9.17, 15) is 4.91 Å². The lowest BCUT2D eigenvalue weighted by Crippen LogP contribution is -1.94. The number of pyridine rings is 2. The number of fused-ring (bicyclic) bond motifs is 3. The van der Waals surface area contributed by atoms with E-state index in [1.807, 2.05) is 24.3 Å². The van der Waals surface area contributed by atoms with Crippen LogP contribution in [0.3, 0.4) is 0 Å². The fraction of sp³-hybridized carbons (Fsp3) is 0.143. The van der Waals surface area contributed by atoms with Crippen LogP contribution in [-0.2, 0) is 6.54 Å². The average molecular weight is 253 g/mol. The van der Waals surface area contributed by atoms with Gasteiger partial charge >= 0.3 is 0 Å². The molecule has 0 saturated heterocycles. The third kappa shape index (κ3) is 1.89. The predicted molar refractivity (Wildman–Crippen MR) is 73.1 cm³/mol. The van der Waals surface area contributed by atoms with Gasteiger partial charge in [-0.05, 0) is 12.1 Å². The molecule has 0 aliphatic heterocycles. The molecule has 0 atom stereocenters. The molecule has 5 nitrogen and oxygen atoms in total. The van der Waals surface area contributed by atoms with Crippen LogP contribution in [0.1, 0.15) is 5.69 Å². The highest BCUT2D eigenvalue weighted by molar-refractivity contribution is 6.04. The second-order valence-corrected chi connectivity index (χ2v) is 4.14. The minimum atomic E-state index is 0.0233. The lowest BCUT2D eigenvalue weighted by molar-refractivity contribution is 0.419. The van der Waals surface area contributed by atoms with Gasteiger partial charge in [0.25, 0.3) is 0 Å². The van der Waals surface area contributed by atoms with Crippen LogP contribution in [0.25, 0.3) is 21.8 Å². The lowest BCUT2D eigenvalue weighted by atomic mass is 10.1. The Morgan fingerprint density at radius 3 is 2.95 bits per heavy atom. The van der Waals surface area contributed by atoms with Crippen LogP contribution in [0.15, 0.2) is 41.7 Å². The van der Waals surface area contributed by atoms with Gasteiger partial charge in [-0.1, -0.05) is 17.3 Å². The molecule has 0 aliphatic carbocycles. The summed E-state index contributed by atoms with van der Waals surface area (Å²) in [6, 6.07) is 9.51. The maximum absolute atomic E-state index is 10.4. The van der Waals surface area contributed by atoms with Gasteiger partial charge in [-0.25, -0.2) is 4.98 Å². The van der Waals surface area contributed by atoms with E-state index in [4.69, 9.17) is 4.74 Å². The third-order valence-corrected chi connectivity index (χ3v) is 3.01. The summed E-state index contributed by atoms with van der Waals surface area (Å²) in [6.07, 6.45) is 1.72. The van der Waals surface area contributed by atoms with Crippen LogP contribution in [-0.4, -0.2) is 17.1 Å². The molecule has 0 amide bonds. The molecule has 0 aliphatic rings. The number of hydrogen-bond acceptors (Lipinski definition) is 5. The molecule has 2 heterocycles. The minimum Gasteiger partial charge on any atom is -0.496 e. The first-order chi connectivity index (χ1) is 9.33. The Kier molecular flexibility index (Phi) is 2.79. The number of aromatic nitrogens is 2. The first kappa shape index (κ1) is 11.5. The highest BCUT2D eigenvalue weighted by Gasteiger charge is 2.10. The van der Waals surface area contributed by atoms with Gasteiger partial charge < -0.3 is 4.74 Å². The SMILES string of the molecule is COc1cc(CN=O)nc2c1ccc1cccnc12. The van der Waals surface area contributed by atoms with Crippen LogP contribution < -0.4 is 4.74 Å². The molecule has 0 fully saturated rings. The summed E-state index contributed by atoms with van der Waals surface area (Å²) in [5, 5.41) is 4.76. The summed E-state index contributed by atoms with van der Waals surface area (Å²) in [5.41, 5.74) is 2.11. The van der Waals surface area contributed by atoms with E-state index in [0.717, 1.165) is 21.8 Å². The quantitative estimate of drug-likeness (QED) is 0.531. The molecule has 0 saturated carbocycles. The molecule has 0 radical (unpaired) electrons. The Labute approximate surface area is 109 Å². The van der Waals surface area contributed by atoms with Gasteiger partial charge in [0.2, 0.25) is 0 Å². The first-order valence-corrected chi connectivity index (χ1v) is 5.84. The van der Waals surface area contributed by atoms with Crippen molar-refractivity contribution in [3.8, 4) is 5.75 Å². The average Bonchev–Trinajstić information content (AvgIpc) is 2.46. The zero-order valence-electron chi connectivity index (χ0n) is 10.3. The van der Waals surface area contributed by atoms with E-state index in [0.29, 0.717) is 11.4 Å². The van der Waals surface area contributed by atoms with Crippen molar-refractivity contribution in [3.63, 3.8) is 0 Å². The van der Waals surface area contributed by atoms with E-state index in [1.165, 1.54) is 0 Å². The molecule has 0 N–H and O–H groups in total. The standard InChI is InChI=1S/C14H11N3O2/c1-19-12-7-10(8-16-18)17-14-11(12)5-4-9-3-2-6-15-13(9)14/h2-7H,8H2,1H3. The van der Waals surface area contributed by atoms with Crippen molar-refractivity contribution in [1.82, 2.24) is 9.97 Å². The summed E-state index contributed by atoms with van der Waals surface area (Å²) in [4.78, 5) is 19.3.